The number of rotatable bonds is 2. The van der Waals surface area contributed by atoms with Gasteiger partial charge in [-0.25, -0.2) is 0 Å². The van der Waals surface area contributed by atoms with Crippen molar-refractivity contribution >= 4 is 22.6 Å². The highest BCUT2D eigenvalue weighted by molar-refractivity contribution is 5.98. The molecule has 3 N–H and O–H groups in total. The maximum absolute atomic E-state index is 10.7. The van der Waals surface area contributed by atoms with Gasteiger partial charge >= 0.3 is 0 Å². The molecule has 0 spiro atoms. The average Bonchev–Trinajstić information content (AvgIpc) is 2.56. The zero-order valence-electron chi connectivity index (χ0n) is 8.84. The molecule has 0 saturated carbocycles. The molecular weight excluding hydrogens is 204 g/mol. The molecule has 0 aliphatic carbocycles. The lowest BCUT2D eigenvalue weighted by Crippen LogP contribution is -2.06. The van der Waals surface area contributed by atoms with Crippen molar-refractivity contribution < 1.29 is 9.90 Å². The molecule has 2 aromatic rings. The van der Waals surface area contributed by atoms with Crippen LogP contribution in [0.3, 0.4) is 0 Å². The van der Waals surface area contributed by atoms with Crippen molar-refractivity contribution in [3.05, 3.63) is 42.1 Å². The molecule has 0 saturated heterocycles. The summed E-state index contributed by atoms with van der Waals surface area (Å²) in [6.45, 7) is 0. The van der Waals surface area contributed by atoms with Gasteiger partial charge in [0.2, 0.25) is 5.91 Å². The molecule has 16 heavy (non-hydrogen) atoms. The van der Waals surface area contributed by atoms with Crippen molar-refractivity contribution in [1.29, 1.82) is 0 Å². The number of aliphatic hydroxyl groups is 1. The Morgan fingerprint density at radius 2 is 2.12 bits per heavy atom. The number of hydrogen-bond donors (Lipinski definition) is 2. The summed E-state index contributed by atoms with van der Waals surface area (Å²) in [6.07, 6.45) is 2.78. The van der Waals surface area contributed by atoms with Crippen molar-refractivity contribution in [3.8, 4) is 0 Å². The molecule has 82 valence electrons. The minimum atomic E-state index is -0.662. The first-order chi connectivity index (χ1) is 7.59. The molecule has 4 nitrogen and oxygen atoms in total. The lowest BCUT2D eigenvalue weighted by molar-refractivity contribution is -0.113. The van der Waals surface area contributed by atoms with Crippen LogP contribution >= 0.6 is 0 Å². The topological polar surface area (TPSA) is 68.2 Å². The van der Waals surface area contributed by atoms with Crippen LogP contribution in [0.4, 0.5) is 0 Å². The summed E-state index contributed by atoms with van der Waals surface area (Å²) in [6, 6.07) is 7.62. The van der Waals surface area contributed by atoms with Gasteiger partial charge in [-0.2, -0.15) is 0 Å². The van der Waals surface area contributed by atoms with Crippen molar-refractivity contribution in [1.82, 2.24) is 4.57 Å². The van der Waals surface area contributed by atoms with Gasteiger partial charge in [0.1, 0.15) is 5.76 Å². The van der Waals surface area contributed by atoms with Crippen LogP contribution in [0, 0.1) is 0 Å². The number of benzene rings is 1. The SMILES string of the molecule is Cn1cc(/C(O)=C/C(N)=O)c2ccccc21. The van der Waals surface area contributed by atoms with Crippen LogP contribution in [0.25, 0.3) is 16.7 Å². The van der Waals surface area contributed by atoms with E-state index in [0.29, 0.717) is 5.56 Å². The molecule has 4 heteroatoms. The predicted octanol–water partition coefficient (Wildman–Crippen LogP) is 1.56. The van der Waals surface area contributed by atoms with Gasteiger partial charge in [-0.3, -0.25) is 4.79 Å². The number of aryl methyl sites for hydroxylation is 1. The Hall–Kier alpha value is -2.23. The van der Waals surface area contributed by atoms with E-state index in [4.69, 9.17) is 5.73 Å². The van der Waals surface area contributed by atoms with Crippen LogP contribution < -0.4 is 5.73 Å². The predicted molar refractivity (Wildman–Crippen MR) is 62.7 cm³/mol. The second kappa shape index (κ2) is 3.73. The average molecular weight is 216 g/mol. The standard InChI is InChI=1S/C12H12N2O2/c1-14-7-9(11(15)6-12(13)16)8-4-2-3-5-10(8)14/h2-7,15H,1H3,(H2,13,16)/b11-6-. The molecule has 1 heterocycles. The van der Waals surface area contributed by atoms with Crippen molar-refractivity contribution in [2.24, 2.45) is 12.8 Å². The third-order valence-corrected chi connectivity index (χ3v) is 2.45. The van der Waals surface area contributed by atoms with Crippen LogP contribution in [0.2, 0.25) is 0 Å². The smallest absolute Gasteiger partial charge is 0.245 e. The third kappa shape index (κ3) is 1.65. The van der Waals surface area contributed by atoms with Gasteiger partial charge in [-0.05, 0) is 6.07 Å². The number of carbonyl (C=O) groups is 1. The third-order valence-electron chi connectivity index (χ3n) is 2.45. The molecular formula is C12H12N2O2. The van der Waals surface area contributed by atoms with E-state index in [9.17, 15) is 9.90 Å². The first-order valence-electron chi connectivity index (χ1n) is 4.84. The van der Waals surface area contributed by atoms with Gasteiger partial charge in [-0.15, -0.1) is 0 Å². The van der Waals surface area contributed by atoms with Crippen LogP contribution in [-0.2, 0) is 11.8 Å². The Balaban J connectivity index is 2.66. The zero-order chi connectivity index (χ0) is 11.7. The summed E-state index contributed by atoms with van der Waals surface area (Å²) in [5.74, 6) is -0.769. The molecule has 0 radical (unpaired) electrons. The quantitative estimate of drug-likeness (QED) is 0.591. The van der Waals surface area contributed by atoms with Crippen molar-refractivity contribution in [3.63, 3.8) is 0 Å². The molecule has 0 aliphatic rings. The summed E-state index contributed by atoms with van der Waals surface area (Å²) >= 11 is 0. The number of carbonyl (C=O) groups excluding carboxylic acids is 1. The van der Waals surface area contributed by atoms with E-state index in [-0.39, 0.29) is 5.76 Å². The molecule has 0 bridgehead atoms. The zero-order valence-corrected chi connectivity index (χ0v) is 8.84. The molecule has 0 fully saturated rings. The minimum absolute atomic E-state index is 0.107. The van der Waals surface area contributed by atoms with E-state index in [1.807, 2.05) is 35.9 Å². The monoisotopic (exact) mass is 216 g/mol. The van der Waals surface area contributed by atoms with Gasteiger partial charge in [0.15, 0.2) is 0 Å². The van der Waals surface area contributed by atoms with Crippen LogP contribution in [0.1, 0.15) is 5.56 Å². The highest BCUT2D eigenvalue weighted by atomic mass is 16.3. The summed E-state index contributed by atoms with van der Waals surface area (Å²) in [5, 5.41) is 10.6. The maximum Gasteiger partial charge on any atom is 0.245 e. The summed E-state index contributed by atoms with van der Waals surface area (Å²) < 4.78 is 1.88. The lowest BCUT2D eigenvalue weighted by atomic mass is 10.1. The second-order valence-electron chi connectivity index (χ2n) is 3.60. The Bertz CT molecular complexity index is 582. The summed E-state index contributed by atoms with van der Waals surface area (Å²) in [4.78, 5) is 10.7. The molecule has 0 unspecified atom stereocenters. The largest absolute Gasteiger partial charge is 0.507 e. The molecule has 1 amide bonds. The van der Waals surface area contributed by atoms with Crippen molar-refractivity contribution in [2.75, 3.05) is 0 Å². The molecule has 1 aromatic carbocycles. The number of aliphatic hydroxyl groups excluding tert-OH is 1. The Morgan fingerprint density at radius 1 is 1.44 bits per heavy atom. The number of nitrogens with two attached hydrogens (primary N) is 1. The maximum atomic E-state index is 10.7. The Labute approximate surface area is 92.6 Å². The Morgan fingerprint density at radius 3 is 2.81 bits per heavy atom. The normalized spacial score (nSPS) is 11.9. The van der Waals surface area contributed by atoms with Crippen LogP contribution in [-0.4, -0.2) is 15.6 Å². The number of amides is 1. The number of hydrogen-bond acceptors (Lipinski definition) is 2. The highest BCUT2D eigenvalue weighted by Gasteiger charge is 2.09. The summed E-state index contributed by atoms with van der Waals surface area (Å²) in [5.41, 5.74) is 6.60. The van der Waals surface area contributed by atoms with Gasteiger partial charge < -0.3 is 15.4 Å². The number of para-hydroxylation sites is 1. The first-order valence-corrected chi connectivity index (χ1v) is 4.84. The molecule has 0 atom stereocenters. The highest BCUT2D eigenvalue weighted by Crippen LogP contribution is 2.24. The van der Waals surface area contributed by atoms with Gasteiger partial charge in [0.25, 0.3) is 0 Å². The van der Waals surface area contributed by atoms with E-state index >= 15 is 0 Å². The minimum Gasteiger partial charge on any atom is -0.507 e. The van der Waals surface area contributed by atoms with E-state index < -0.39 is 5.91 Å². The van der Waals surface area contributed by atoms with E-state index in [0.717, 1.165) is 17.0 Å². The molecule has 0 aliphatic heterocycles. The second-order valence-corrected chi connectivity index (χ2v) is 3.60. The fraction of sp³-hybridized carbons (Fsp3) is 0.0833. The fourth-order valence-corrected chi connectivity index (χ4v) is 1.76. The molecule has 2 rings (SSSR count). The number of aromatic nitrogens is 1. The fourth-order valence-electron chi connectivity index (χ4n) is 1.76. The molecule has 1 aromatic heterocycles. The van der Waals surface area contributed by atoms with E-state index in [1.54, 1.807) is 6.20 Å². The van der Waals surface area contributed by atoms with Crippen LogP contribution in [0.15, 0.2) is 36.5 Å². The number of nitrogens with zero attached hydrogens (tertiary/aromatic N) is 1. The first kappa shape index (κ1) is 10.3. The number of primary amides is 1. The van der Waals surface area contributed by atoms with E-state index in [1.165, 1.54) is 0 Å². The lowest BCUT2D eigenvalue weighted by Gasteiger charge is -1.96. The van der Waals surface area contributed by atoms with Crippen LogP contribution in [0.5, 0.6) is 0 Å². The van der Waals surface area contributed by atoms with Crippen molar-refractivity contribution in [2.45, 2.75) is 0 Å². The van der Waals surface area contributed by atoms with Gasteiger partial charge in [0.05, 0.1) is 0 Å². The Kier molecular flexibility index (Phi) is 2.40. The number of fused-ring (bicyclic) bond motifs is 1. The van der Waals surface area contributed by atoms with E-state index in [2.05, 4.69) is 0 Å². The summed E-state index contributed by atoms with van der Waals surface area (Å²) in [7, 11) is 1.88. The van der Waals surface area contributed by atoms with Gasteiger partial charge in [-0.1, -0.05) is 18.2 Å². The van der Waals surface area contributed by atoms with Gasteiger partial charge in [0, 0.05) is 35.8 Å².